The van der Waals surface area contributed by atoms with Gasteiger partial charge in [-0.15, -0.1) is 0 Å². The van der Waals surface area contributed by atoms with Crippen LogP contribution in [-0.4, -0.2) is 0 Å². The highest BCUT2D eigenvalue weighted by atomic mass is 15.1. The molecule has 2 aliphatic rings. The van der Waals surface area contributed by atoms with Gasteiger partial charge in [-0.25, -0.2) is 0 Å². The molecule has 0 saturated carbocycles. The zero-order valence-electron chi connectivity index (χ0n) is 41.1. The first-order valence-electron chi connectivity index (χ1n) is 26.0. The summed E-state index contributed by atoms with van der Waals surface area (Å²) < 4.78 is 0. The SMILES string of the molecule is c1ccc(-c2cccc(N(c3ccccc3)c3ccc4c5c(c6ccccc6c4c3)-c3c(cc(N(c4ccccc4)c4cccc(-c6ccccc6)c4)c4ccccc34)C53c4ccccc4-c4ccccc43)c2)cc1. The van der Waals surface area contributed by atoms with Crippen LogP contribution in [0.25, 0.3) is 76.8 Å². The fourth-order valence-corrected chi connectivity index (χ4v) is 12.9. The van der Waals surface area contributed by atoms with E-state index in [4.69, 9.17) is 0 Å². The summed E-state index contributed by atoms with van der Waals surface area (Å²) in [4.78, 5) is 4.91. The fraction of sp³-hybridized carbons (Fsp3) is 0.0137. The highest BCUT2D eigenvalue weighted by molar-refractivity contribution is 6.24. The van der Waals surface area contributed by atoms with Crippen molar-refractivity contribution < 1.29 is 0 Å². The van der Waals surface area contributed by atoms with Gasteiger partial charge in [-0.1, -0.05) is 224 Å². The lowest BCUT2D eigenvalue weighted by molar-refractivity contribution is 0.802. The summed E-state index contributed by atoms with van der Waals surface area (Å²) in [5, 5.41) is 7.40. The Morgan fingerprint density at radius 2 is 0.653 bits per heavy atom. The van der Waals surface area contributed by atoms with E-state index in [-0.39, 0.29) is 0 Å². The Hall–Kier alpha value is -9.76. The molecule has 0 aromatic heterocycles. The van der Waals surface area contributed by atoms with Crippen molar-refractivity contribution in [3.05, 3.63) is 313 Å². The Morgan fingerprint density at radius 3 is 1.24 bits per heavy atom. The number of hydrogen-bond acceptors (Lipinski definition) is 2. The van der Waals surface area contributed by atoms with Gasteiger partial charge in [0.15, 0.2) is 0 Å². The molecule has 0 amide bonds. The Bertz CT molecular complexity index is 4310. The fourth-order valence-electron chi connectivity index (χ4n) is 12.9. The Balaban J connectivity index is 1.05. The van der Waals surface area contributed by atoms with Gasteiger partial charge in [0.1, 0.15) is 0 Å². The van der Waals surface area contributed by atoms with Crippen molar-refractivity contribution >= 4 is 66.4 Å². The molecule has 75 heavy (non-hydrogen) atoms. The second-order valence-electron chi connectivity index (χ2n) is 19.9. The van der Waals surface area contributed by atoms with Crippen molar-refractivity contribution in [2.24, 2.45) is 0 Å². The molecule has 1 spiro atoms. The van der Waals surface area contributed by atoms with Crippen LogP contribution in [0.15, 0.2) is 291 Å². The van der Waals surface area contributed by atoms with E-state index in [1.165, 1.54) is 99.1 Å². The van der Waals surface area contributed by atoms with Crippen molar-refractivity contribution in [1.82, 2.24) is 0 Å². The molecule has 0 fully saturated rings. The minimum absolute atomic E-state index is 0.669. The third-order valence-electron chi connectivity index (χ3n) is 16.0. The van der Waals surface area contributed by atoms with Crippen LogP contribution in [0.4, 0.5) is 34.1 Å². The largest absolute Gasteiger partial charge is 0.310 e. The van der Waals surface area contributed by atoms with Crippen LogP contribution in [0, 0.1) is 0 Å². The number of benzene rings is 13. The second kappa shape index (κ2) is 17.2. The van der Waals surface area contributed by atoms with Gasteiger partial charge in [0.25, 0.3) is 0 Å². The number of para-hydroxylation sites is 2. The molecule has 0 radical (unpaired) electrons. The molecule has 350 valence electrons. The quantitative estimate of drug-likeness (QED) is 0.140. The van der Waals surface area contributed by atoms with Crippen LogP contribution in [0.2, 0.25) is 0 Å². The molecule has 2 aliphatic carbocycles. The van der Waals surface area contributed by atoms with E-state index in [1.54, 1.807) is 0 Å². The van der Waals surface area contributed by atoms with Crippen LogP contribution in [-0.2, 0) is 5.41 Å². The normalized spacial score (nSPS) is 12.6. The molecule has 2 heteroatoms. The zero-order valence-corrected chi connectivity index (χ0v) is 41.1. The average Bonchev–Trinajstić information content (AvgIpc) is 4.13. The highest BCUT2D eigenvalue weighted by Crippen LogP contribution is 2.67. The Labute approximate surface area is 437 Å². The van der Waals surface area contributed by atoms with Crippen molar-refractivity contribution in [3.63, 3.8) is 0 Å². The van der Waals surface area contributed by atoms with Gasteiger partial charge in [-0.2, -0.15) is 0 Å². The summed E-state index contributed by atoms with van der Waals surface area (Å²) in [5.74, 6) is 0. The topological polar surface area (TPSA) is 6.48 Å². The molecule has 0 heterocycles. The molecule has 2 nitrogen and oxygen atoms in total. The van der Waals surface area contributed by atoms with E-state index in [2.05, 4.69) is 301 Å². The zero-order chi connectivity index (χ0) is 49.5. The van der Waals surface area contributed by atoms with Gasteiger partial charge < -0.3 is 9.80 Å². The minimum atomic E-state index is -0.669. The highest BCUT2D eigenvalue weighted by Gasteiger charge is 2.54. The number of fused-ring (bicyclic) bond motifs is 17. The van der Waals surface area contributed by atoms with Crippen LogP contribution in [0.3, 0.4) is 0 Å². The number of anilines is 6. The van der Waals surface area contributed by atoms with Gasteiger partial charge in [-0.05, 0) is 160 Å². The summed E-state index contributed by atoms with van der Waals surface area (Å²) in [6.07, 6.45) is 0. The first kappa shape index (κ1) is 42.9. The van der Waals surface area contributed by atoms with E-state index in [9.17, 15) is 0 Å². The van der Waals surface area contributed by atoms with Gasteiger partial charge in [0.05, 0.1) is 11.1 Å². The lowest BCUT2D eigenvalue weighted by Gasteiger charge is -2.34. The summed E-state index contributed by atoms with van der Waals surface area (Å²) >= 11 is 0. The van der Waals surface area contributed by atoms with Crippen LogP contribution in [0.5, 0.6) is 0 Å². The molecule has 0 N–H and O–H groups in total. The van der Waals surface area contributed by atoms with Gasteiger partial charge >= 0.3 is 0 Å². The van der Waals surface area contributed by atoms with Crippen LogP contribution in [0.1, 0.15) is 22.3 Å². The number of nitrogens with zero attached hydrogens (tertiary/aromatic N) is 2. The predicted octanol–water partition coefficient (Wildman–Crippen LogP) is 19.8. The maximum atomic E-state index is 2.57. The van der Waals surface area contributed by atoms with Gasteiger partial charge in [0, 0.05) is 33.8 Å². The summed E-state index contributed by atoms with van der Waals surface area (Å²) in [6.45, 7) is 0. The molecule has 0 aliphatic heterocycles. The van der Waals surface area contributed by atoms with Gasteiger partial charge in [0.2, 0.25) is 0 Å². The van der Waals surface area contributed by atoms with Gasteiger partial charge in [-0.3, -0.25) is 0 Å². The Morgan fingerprint density at radius 1 is 0.227 bits per heavy atom. The minimum Gasteiger partial charge on any atom is -0.310 e. The van der Waals surface area contributed by atoms with Crippen molar-refractivity contribution in [1.29, 1.82) is 0 Å². The maximum absolute atomic E-state index is 2.57. The van der Waals surface area contributed by atoms with E-state index in [1.807, 2.05) is 0 Å². The van der Waals surface area contributed by atoms with E-state index < -0.39 is 5.41 Å². The van der Waals surface area contributed by atoms with Crippen LogP contribution >= 0.6 is 0 Å². The lowest BCUT2D eigenvalue weighted by atomic mass is 9.69. The standard InChI is InChI=1S/C73H48N2/c1-5-23-49(24-6-1)51-27-21-33-55(45-51)74(53-29-9-3-10-30-53)57-43-44-64-65(47-57)58-35-13-15-39-62(58)71-70-63-40-16-14-38-61(63)69(48-68(70)73(72(64)71)66-41-19-17-36-59(66)60-37-18-20-42-67(60)73)75(54-31-11-4-12-32-54)56-34-22-28-52(46-56)50-25-7-2-8-26-50/h1-48H. The molecule has 0 unspecified atom stereocenters. The Kier molecular flexibility index (Phi) is 9.83. The first-order chi connectivity index (χ1) is 37.2. The molecule has 0 bridgehead atoms. The smallest absolute Gasteiger partial charge is 0.0732 e. The van der Waals surface area contributed by atoms with E-state index in [0.29, 0.717) is 0 Å². The number of rotatable bonds is 8. The monoisotopic (exact) mass is 952 g/mol. The summed E-state index contributed by atoms with van der Waals surface area (Å²) in [6, 6.07) is 108. The second-order valence-corrected chi connectivity index (χ2v) is 19.9. The first-order valence-corrected chi connectivity index (χ1v) is 26.0. The van der Waals surface area contributed by atoms with E-state index in [0.717, 1.165) is 34.1 Å². The molecular formula is C73H48N2. The van der Waals surface area contributed by atoms with E-state index >= 15 is 0 Å². The molecule has 0 atom stereocenters. The van der Waals surface area contributed by atoms with Crippen molar-refractivity contribution in [2.45, 2.75) is 5.41 Å². The lowest BCUT2D eigenvalue weighted by Crippen LogP contribution is -2.26. The molecule has 13 aromatic rings. The molecule has 15 rings (SSSR count). The predicted molar refractivity (Wildman–Crippen MR) is 315 cm³/mol. The van der Waals surface area contributed by atoms with Crippen molar-refractivity contribution in [3.8, 4) is 44.5 Å². The van der Waals surface area contributed by atoms with Crippen LogP contribution < -0.4 is 9.80 Å². The molecule has 0 saturated heterocycles. The summed E-state index contributed by atoms with van der Waals surface area (Å²) in [5.41, 5.74) is 21.2. The molecular weight excluding hydrogens is 905 g/mol. The average molecular weight is 953 g/mol. The number of hydrogen-bond donors (Lipinski definition) is 0. The third-order valence-corrected chi connectivity index (χ3v) is 16.0. The van der Waals surface area contributed by atoms with Crippen molar-refractivity contribution in [2.75, 3.05) is 9.80 Å². The maximum Gasteiger partial charge on any atom is 0.0732 e. The molecule has 13 aromatic carbocycles. The summed E-state index contributed by atoms with van der Waals surface area (Å²) in [7, 11) is 0. The third kappa shape index (κ3) is 6.53.